The summed E-state index contributed by atoms with van der Waals surface area (Å²) in [5.41, 5.74) is 0.240. The number of rotatable bonds is 4. The lowest BCUT2D eigenvalue weighted by Gasteiger charge is -2.32. The highest BCUT2D eigenvalue weighted by Gasteiger charge is 2.25. The number of ether oxygens (including phenoxy) is 1. The van der Waals surface area contributed by atoms with E-state index < -0.39 is 5.97 Å². The van der Waals surface area contributed by atoms with Gasteiger partial charge >= 0.3 is 5.97 Å². The molecule has 20 heavy (non-hydrogen) atoms. The zero-order valence-corrected chi connectivity index (χ0v) is 11.4. The maximum absolute atomic E-state index is 12.4. The summed E-state index contributed by atoms with van der Waals surface area (Å²) in [6, 6.07) is 2.86. The predicted octanol–water partition coefficient (Wildman–Crippen LogP) is 1.42. The summed E-state index contributed by atoms with van der Waals surface area (Å²) < 4.78 is 5.56. The fraction of sp³-hybridized carbons (Fsp3) is 0.500. The van der Waals surface area contributed by atoms with Crippen molar-refractivity contribution in [2.24, 2.45) is 0 Å². The normalized spacial score (nSPS) is 18.9. The monoisotopic (exact) mass is 278 g/mol. The van der Waals surface area contributed by atoms with Crippen molar-refractivity contribution >= 4 is 11.9 Å². The number of carboxylic acid groups (broad SMARTS) is 1. The van der Waals surface area contributed by atoms with Crippen molar-refractivity contribution in [1.82, 2.24) is 9.88 Å². The summed E-state index contributed by atoms with van der Waals surface area (Å²) in [4.78, 5) is 28.7. The molecule has 1 atom stereocenters. The lowest BCUT2D eigenvalue weighted by molar-refractivity contribution is 0.00723. The number of carbonyl (C=O) groups is 2. The van der Waals surface area contributed by atoms with Crippen molar-refractivity contribution in [2.75, 3.05) is 19.7 Å². The molecule has 1 aromatic rings. The van der Waals surface area contributed by atoms with Gasteiger partial charge in [0, 0.05) is 31.5 Å². The minimum absolute atomic E-state index is 0.0680. The van der Waals surface area contributed by atoms with Crippen molar-refractivity contribution < 1.29 is 19.4 Å². The summed E-state index contributed by atoms with van der Waals surface area (Å²) in [5, 5.41) is 8.91. The summed E-state index contributed by atoms with van der Waals surface area (Å²) in [6.07, 6.45) is 3.26. The number of piperidine rings is 1. The number of nitrogens with zero attached hydrogens (tertiary/aromatic N) is 2. The molecule has 0 aliphatic carbocycles. The molecule has 1 amide bonds. The topological polar surface area (TPSA) is 79.7 Å². The predicted molar refractivity (Wildman–Crippen MR) is 71.7 cm³/mol. The average Bonchev–Trinajstić information content (AvgIpc) is 2.47. The summed E-state index contributed by atoms with van der Waals surface area (Å²) >= 11 is 0. The van der Waals surface area contributed by atoms with Gasteiger partial charge < -0.3 is 14.7 Å². The number of hydrogen-bond acceptors (Lipinski definition) is 4. The molecule has 1 N–H and O–H groups in total. The highest BCUT2D eigenvalue weighted by Crippen LogP contribution is 2.16. The minimum Gasteiger partial charge on any atom is -0.477 e. The van der Waals surface area contributed by atoms with E-state index in [0.29, 0.717) is 25.3 Å². The van der Waals surface area contributed by atoms with E-state index in [1.807, 2.05) is 6.92 Å². The van der Waals surface area contributed by atoms with Crippen LogP contribution in [0.3, 0.4) is 0 Å². The Balaban J connectivity index is 2.10. The van der Waals surface area contributed by atoms with Gasteiger partial charge in [-0.3, -0.25) is 4.79 Å². The van der Waals surface area contributed by atoms with Gasteiger partial charge in [0.2, 0.25) is 0 Å². The maximum Gasteiger partial charge on any atom is 0.354 e. The minimum atomic E-state index is -1.13. The average molecular weight is 278 g/mol. The molecule has 6 nitrogen and oxygen atoms in total. The van der Waals surface area contributed by atoms with Crippen LogP contribution in [0.4, 0.5) is 0 Å². The number of amides is 1. The van der Waals surface area contributed by atoms with Crippen molar-refractivity contribution in [1.29, 1.82) is 0 Å². The Morgan fingerprint density at radius 2 is 2.35 bits per heavy atom. The van der Waals surface area contributed by atoms with E-state index in [4.69, 9.17) is 9.84 Å². The molecule has 0 spiro atoms. The Morgan fingerprint density at radius 3 is 3.05 bits per heavy atom. The van der Waals surface area contributed by atoms with E-state index in [1.165, 1.54) is 12.3 Å². The van der Waals surface area contributed by atoms with Crippen LogP contribution in [-0.4, -0.2) is 52.7 Å². The van der Waals surface area contributed by atoms with E-state index in [1.54, 1.807) is 11.0 Å². The molecule has 0 bridgehead atoms. The number of carboxylic acids is 1. The summed E-state index contributed by atoms with van der Waals surface area (Å²) in [6.45, 7) is 3.79. The Labute approximate surface area is 117 Å². The number of likely N-dealkylation sites (tertiary alicyclic amines) is 1. The van der Waals surface area contributed by atoms with Crippen LogP contribution >= 0.6 is 0 Å². The Hall–Kier alpha value is -1.95. The van der Waals surface area contributed by atoms with E-state index in [-0.39, 0.29) is 17.7 Å². The van der Waals surface area contributed by atoms with Crippen molar-refractivity contribution in [3.8, 4) is 0 Å². The van der Waals surface area contributed by atoms with Gasteiger partial charge in [0.1, 0.15) is 5.69 Å². The SMILES string of the molecule is CCOC1CCCN(C(=O)c2ccnc(C(=O)O)c2)C1. The standard InChI is InChI=1S/C14H18N2O4/c1-2-20-11-4-3-7-16(9-11)13(17)10-5-6-15-12(8-10)14(18)19/h5-6,8,11H,2-4,7,9H2,1H3,(H,18,19). The van der Waals surface area contributed by atoms with Gasteiger partial charge in [0.25, 0.3) is 5.91 Å². The highest BCUT2D eigenvalue weighted by molar-refractivity contribution is 5.96. The number of carbonyl (C=O) groups excluding carboxylic acids is 1. The second-order valence-corrected chi connectivity index (χ2v) is 4.71. The molecule has 1 unspecified atom stereocenters. The lowest BCUT2D eigenvalue weighted by Crippen LogP contribution is -2.43. The van der Waals surface area contributed by atoms with Gasteiger partial charge in [-0.2, -0.15) is 0 Å². The van der Waals surface area contributed by atoms with Crippen LogP contribution in [0, 0.1) is 0 Å². The zero-order chi connectivity index (χ0) is 14.5. The molecule has 0 aromatic carbocycles. The third-order valence-electron chi connectivity index (χ3n) is 3.29. The Kier molecular flexibility index (Phi) is 4.68. The molecule has 0 saturated carbocycles. The van der Waals surface area contributed by atoms with Crippen LogP contribution in [-0.2, 0) is 4.74 Å². The molecule has 1 aromatic heterocycles. The van der Waals surface area contributed by atoms with Gasteiger partial charge in [-0.15, -0.1) is 0 Å². The van der Waals surface area contributed by atoms with Gasteiger partial charge in [0.15, 0.2) is 0 Å². The number of aromatic carboxylic acids is 1. The first kappa shape index (κ1) is 14.5. The van der Waals surface area contributed by atoms with E-state index in [0.717, 1.165) is 12.8 Å². The van der Waals surface area contributed by atoms with Crippen LogP contribution in [0.5, 0.6) is 0 Å². The van der Waals surface area contributed by atoms with Crippen LogP contribution in [0.15, 0.2) is 18.3 Å². The van der Waals surface area contributed by atoms with Crippen LogP contribution in [0.25, 0.3) is 0 Å². The van der Waals surface area contributed by atoms with Crippen LogP contribution < -0.4 is 0 Å². The van der Waals surface area contributed by atoms with Gasteiger partial charge in [-0.25, -0.2) is 9.78 Å². The molecule has 2 rings (SSSR count). The fourth-order valence-corrected chi connectivity index (χ4v) is 2.36. The Bertz CT molecular complexity index is 502. The molecule has 2 heterocycles. The lowest BCUT2D eigenvalue weighted by atomic mass is 10.1. The maximum atomic E-state index is 12.4. The number of hydrogen-bond donors (Lipinski definition) is 1. The molecular formula is C14H18N2O4. The van der Waals surface area contributed by atoms with Crippen LogP contribution in [0.1, 0.15) is 40.6 Å². The molecule has 108 valence electrons. The van der Waals surface area contributed by atoms with Gasteiger partial charge in [-0.05, 0) is 31.9 Å². The smallest absolute Gasteiger partial charge is 0.354 e. The third-order valence-corrected chi connectivity index (χ3v) is 3.29. The molecule has 1 fully saturated rings. The van der Waals surface area contributed by atoms with E-state index in [9.17, 15) is 9.59 Å². The third kappa shape index (κ3) is 3.33. The fourth-order valence-electron chi connectivity index (χ4n) is 2.36. The molecule has 1 saturated heterocycles. The first-order valence-corrected chi connectivity index (χ1v) is 6.72. The number of aromatic nitrogens is 1. The molecule has 6 heteroatoms. The molecule has 0 radical (unpaired) electrons. The number of pyridine rings is 1. The van der Waals surface area contributed by atoms with Gasteiger partial charge in [0.05, 0.1) is 6.10 Å². The van der Waals surface area contributed by atoms with Gasteiger partial charge in [-0.1, -0.05) is 0 Å². The second-order valence-electron chi connectivity index (χ2n) is 4.71. The van der Waals surface area contributed by atoms with Crippen LogP contribution in [0.2, 0.25) is 0 Å². The molecular weight excluding hydrogens is 260 g/mol. The first-order chi connectivity index (χ1) is 9.61. The zero-order valence-electron chi connectivity index (χ0n) is 11.4. The quantitative estimate of drug-likeness (QED) is 0.901. The van der Waals surface area contributed by atoms with E-state index >= 15 is 0 Å². The van der Waals surface area contributed by atoms with Crippen molar-refractivity contribution in [2.45, 2.75) is 25.9 Å². The largest absolute Gasteiger partial charge is 0.477 e. The summed E-state index contributed by atoms with van der Waals surface area (Å²) in [7, 11) is 0. The van der Waals surface area contributed by atoms with Crippen molar-refractivity contribution in [3.05, 3.63) is 29.6 Å². The molecule has 1 aliphatic heterocycles. The van der Waals surface area contributed by atoms with Crippen molar-refractivity contribution in [3.63, 3.8) is 0 Å². The first-order valence-electron chi connectivity index (χ1n) is 6.72. The highest BCUT2D eigenvalue weighted by atomic mass is 16.5. The summed E-state index contributed by atoms with van der Waals surface area (Å²) in [5.74, 6) is -1.30. The second kappa shape index (κ2) is 6.47. The van der Waals surface area contributed by atoms with E-state index in [2.05, 4.69) is 4.98 Å². The Morgan fingerprint density at radius 1 is 1.55 bits per heavy atom. The molecule has 1 aliphatic rings.